The van der Waals surface area contributed by atoms with Crippen molar-refractivity contribution in [1.82, 2.24) is 5.32 Å². The number of halogens is 1. The van der Waals surface area contributed by atoms with Crippen molar-refractivity contribution in [3.63, 3.8) is 0 Å². The van der Waals surface area contributed by atoms with Crippen LogP contribution in [0.1, 0.15) is 24.8 Å². The van der Waals surface area contributed by atoms with Crippen LogP contribution in [0, 0.1) is 11.7 Å². The van der Waals surface area contributed by atoms with Crippen molar-refractivity contribution in [2.75, 3.05) is 6.54 Å². The smallest absolute Gasteiger partial charge is 0.223 e. The highest BCUT2D eigenvalue weighted by atomic mass is 19.1. The van der Waals surface area contributed by atoms with Crippen LogP contribution in [0.4, 0.5) is 4.39 Å². The first-order chi connectivity index (χ1) is 8.75. The fourth-order valence-corrected chi connectivity index (χ4v) is 2.16. The van der Waals surface area contributed by atoms with E-state index in [0.717, 1.165) is 31.2 Å². The molecule has 0 radical (unpaired) electrons. The molecule has 0 bridgehead atoms. The monoisotopic (exact) mass is 247 g/mol. The first kappa shape index (κ1) is 12.8. The molecule has 1 atom stereocenters. The standard InChI is InChI=1S/C15H18FNO/c16-14-8-6-12(7-9-14)10-11-17-15(18)13-4-2-1-3-5-13/h1-2,6-9,13H,3-5,10-11H2,(H,17,18). The van der Waals surface area contributed by atoms with E-state index < -0.39 is 0 Å². The number of benzene rings is 1. The number of hydrogen-bond donors (Lipinski definition) is 1. The van der Waals surface area contributed by atoms with Crippen LogP contribution in [0.2, 0.25) is 0 Å². The first-order valence-electron chi connectivity index (χ1n) is 6.43. The number of carbonyl (C=O) groups is 1. The van der Waals surface area contributed by atoms with E-state index in [1.807, 2.05) is 0 Å². The van der Waals surface area contributed by atoms with Crippen molar-refractivity contribution >= 4 is 5.91 Å². The van der Waals surface area contributed by atoms with Gasteiger partial charge in [0.25, 0.3) is 0 Å². The highest BCUT2D eigenvalue weighted by Crippen LogP contribution is 2.17. The average Bonchev–Trinajstić information content (AvgIpc) is 2.42. The second-order valence-electron chi connectivity index (χ2n) is 4.65. The molecular weight excluding hydrogens is 229 g/mol. The SMILES string of the molecule is O=C(NCCc1ccc(F)cc1)C1CC=CCC1. The lowest BCUT2D eigenvalue weighted by Crippen LogP contribution is -2.32. The molecule has 0 spiro atoms. The molecule has 0 fully saturated rings. The summed E-state index contributed by atoms with van der Waals surface area (Å²) in [5.74, 6) is 0.0430. The molecule has 1 unspecified atom stereocenters. The third-order valence-corrected chi connectivity index (χ3v) is 3.27. The molecule has 2 rings (SSSR count). The second kappa shape index (κ2) is 6.34. The zero-order valence-corrected chi connectivity index (χ0v) is 10.4. The van der Waals surface area contributed by atoms with Gasteiger partial charge in [0.05, 0.1) is 0 Å². The highest BCUT2D eigenvalue weighted by molar-refractivity contribution is 5.78. The van der Waals surface area contributed by atoms with Gasteiger partial charge in [0.15, 0.2) is 0 Å². The van der Waals surface area contributed by atoms with E-state index in [2.05, 4.69) is 17.5 Å². The minimum absolute atomic E-state index is 0.128. The molecule has 1 N–H and O–H groups in total. The summed E-state index contributed by atoms with van der Waals surface area (Å²) in [7, 11) is 0. The molecular formula is C15H18FNO. The quantitative estimate of drug-likeness (QED) is 0.814. The molecule has 1 aromatic carbocycles. The molecule has 1 amide bonds. The van der Waals surface area contributed by atoms with E-state index in [4.69, 9.17) is 0 Å². The van der Waals surface area contributed by atoms with Crippen LogP contribution in [0.15, 0.2) is 36.4 Å². The van der Waals surface area contributed by atoms with Crippen molar-refractivity contribution in [2.45, 2.75) is 25.7 Å². The average molecular weight is 247 g/mol. The fraction of sp³-hybridized carbons (Fsp3) is 0.400. The molecule has 3 heteroatoms. The van der Waals surface area contributed by atoms with E-state index >= 15 is 0 Å². The van der Waals surface area contributed by atoms with Gasteiger partial charge in [-0.3, -0.25) is 4.79 Å². The van der Waals surface area contributed by atoms with Gasteiger partial charge in [-0.2, -0.15) is 0 Å². The van der Waals surface area contributed by atoms with Crippen molar-refractivity contribution in [3.05, 3.63) is 47.8 Å². The molecule has 0 heterocycles. The van der Waals surface area contributed by atoms with E-state index in [1.54, 1.807) is 12.1 Å². The van der Waals surface area contributed by atoms with Gasteiger partial charge in [0, 0.05) is 12.5 Å². The van der Waals surface area contributed by atoms with E-state index in [1.165, 1.54) is 12.1 Å². The summed E-state index contributed by atoms with van der Waals surface area (Å²) in [6.45, 7) is 0.616. The largest absolute Gasteiger partial charge is 0.356 e. The van der Waals surface area contributed by atoms with Crippen molar-refractivity contribution < 1.29 is 9.18 Å². The topological polar surface area (TPSA) is 29.1 Å². The number of hydrogen-bond acceptors (Lipinski definition) is 1. The van der Waals surface area contributed by atoms with E-state index in [9.17, 15) is 9.18 Å². The van der Waals surface area contributed by atoms with Crippen LogP contribution >= 0.6 is 0 Å². The van der Waals surface area contributed by atoms with Gasteiger partial charge in [0.2, 0.25) is 5.91 Å². The summed E-state index contributed by atoms with van der Waals surface area (Å²) in [4.78, 5) is 11.8. The number of carbonyl (C=O) groups excluding carboxylic acids is 1. The maximum absolute atomic E-state index is 12.7. The van der Waals surface area contributed by atoms with Gasteiger partial charge < -0.3 is 5.32 Å². The molecule has 1 aliphatic carbocycles. The van der Waals surface area contributed by atoms with Gasteiger partial charge >= 0.3 is 0 Å². The van der Waals surface area contributed by atoms with Crippen molar-refractivity contribution in [2.24, 2.45) is 5.92 Å². The fourth-order valence-electron chi connectivity index (χ4n) is 2.16. The number of nitrogens with one attached hydrogen (secondary N) is 1. The van der Waals surface area contributed by atoms with Crippen LogP contribution in [-0.2, 0) is 11.2 Å². The molecule has 1 aromatic rings. The Bertz CT molecular complexity index is 425. The summed E-state index contributed by atoms with van der Waals surface area (Å²) in [6, 6.07) is 6.40. The Kier molecular flexibility index (Phi) is 4.51. The number of allylic oxidation sites excluding steroid dienone is 2. The van der Waals surface area contributed by atoms with Crippen LogP contribution in [0.25, 0.3) is 0 Å². The van der Waals surface area contributed by atoms with Gasteiger partial charge in [0.1, 0.15) is 5.82 Å². The summed E-state index contributed by atoms with van der Waals surface area (Å²) >= 11 is 0. The lowest BCUT2D eigenvalue weighted by molar-refractivity contribution is -0.125. The molecule has 0 aromatic heterocycles. The Balaban J connectivity index is 1.73. The molecule has 96 valence electrons. The Morgan fingerprint density at radius 2 is 2.06 bits per heavy atom. The molecule has 0 aliphatic heterocycles. The summed E-state index contributed by atoms with van der Waals surface area (Å²) in [6.07, 6.45) is 7.74. The molecule has 2 nitrogen and oxygen atoms in total. The molecule has 0 saturated carbocycles. The van der Waals surface area contributed by atoms with E-state index in [-0.39, 0.29) is 17.6 Å². The lowest BCUT2D eigenvalue weighted by Gasteiger charge is -2.17. The Morgan fingerprint density at radius 3 is 2.72 bits per heavy atom. The molecule has 0 saturated heterocycles. The van der Waals surface area contributed by atoms with Gasteiger partial charge in [-0.1, -0.05) is 24.3 Å². The maximum atomic E-state index is 12.7. The summed E-state index contributed by atoms with van der Waals surface area (Å²) < 4.78 is 12.7. The Labute approximate surface area is 107 Å². The van der Waals surface area contributed by atoms with Crippen molar-refractivity contribution in [1.29, 1.82) is 0 Å². The Morgan fingerprint density at radius 1 is 1.28 bits per heavy atom. The number of amides is 1. The third-order valence-electron chi connectivity index (χ3n) is 3.27. The zero-order valence-electron chi connectivity index (χ0n) is 10.4. The lowest BCUT2D eigenvalue weighted by atomic mass is 9.93. The normalized spacial score (nSPS) is 18.6. The van der Waals surface area contributed by atoms with Gasteiger partial charge in [-0.05, 0) is 43.4 Å². The van der Waals surface area contributed by atoms with Gasteiger partial charge in [-0.25, -0.2) is 4.39 Å². The minimum atomic E-state index is -0.225. The molecule has 18 heavy (non-hydrogen) atoms. The summed E-state index contributed by atoms with van der Waals surface area (Å²) in [5.41, 5.74) is 1.04. The predicted molar refractivity (Wildman–Crippen MR) is 69.6 cm³/mol. The number of rotatable bonds is 4. The van der Waals surface area contributed by atoms with Crippen LogP contribution in [-0.4, -0.2) is 12.5 Å². The van der Waals surface area contributed by atoms with E-state index in [0.29, 0.717) is 6.54 Å². The van der Waals surface area contributed by atoms with Crippen LogP contribution in [0.5, 0.6) is 0 Å². The van der Waals surface area contributed by atoms with Crippen molar-refractivity contribution in [3.8, 4) is 0 Å². The Hall–Kier alpha value is -1.64. The van der Waals surface area contributed by atoms with Crippen LogP contribution in [0.3, 0.4) is 0 Å². The predicted octanol–water partition coefficient (Wildman–Crippen LogP) is 2.84. The van der Waals surface area contributed by atoms with Gasteiger partial charge in [-0.15, -0.1) is 0 Å². The first-order valence-corrected chi connectivity index (χ1v) is 6.43. The van der Waals surface area contributed by atoms with Crippen LogP contribution < -0.4 is 5.32 Å². The zero-order chi connectivity index (χ0) is 12.8. The minimum Gasteiger partial charge on any atom is -0.356 e. The third kappa shape index (κ3) is 3.69. The summed E-state index contributed by atoms with van der Waals surface area (Å²) in [5, 5.41) is 2.95. The highest BCUT2D eigenvalue weighted by Gasteiger charge is 2.17. The molecule has 1 aliphatic rings. The second-order valence-corrected chi connectivity index (χ2v) is 4.65. The maximum Gasteiger partial charge on any atom is 0.223 e.